The molecule has 1 unspecified atom stereocenters. The molecular formula is C34H38N7O12P. The Kier molecular flexibility index (Phi) is 12.5. The van der Waals surface area contributed by atoms with Crippen molar-refractivity contribution in [2.75, 3.05) is 26.6 Å². The molecule has 1 aliphatic heterocycles. The number of carbonyl (C=O) groups excluding carboxylic acids is 3. The average Bonchev–Trinajstić information content (AvgIpc) is 3.72. The summed E-state index contributed by atoms with van der Waals surface area (Å²) in [5.74, 6) is -1.48. The zero-order chi connectivity index (χ0) is 39.0. The van der Waals surface area contributed by atoms with Gasteiger partial charge in [0.2, 0.25) is 5.60 Å². The van der Waals surface area contributed by atoms with Gasteiger partial charge in [0.25, 0.3) is 0 Å². The fourth-order valence-electron chi connectivity index (χ4n) is 5.52. The van der Waals surface area contributed by atoms with E-state index in [9.17, 15) is 34.4 Å². The Bertz CT molecular complexity index is 2040. The molecule has 1 fully saturated rings. The summed E-state index contributed by atoms with van der Waals surface area (Å²) in [4.78, 5) is 41.2. The van der Waals surface area contributed by atoms with E-state index in [1.807, 2.05) is 6.07 Å². The number of aliphatic hydroxyl groups excluding tert-OH is 2. The summed E-state index contributed by atoms with van der Waals surface area (Å²) >= 11 is 0. The number of nitrogens with zero attached hydrogens (tertiary/aromatic N) is 4. The molecule has 0 spiro atoms. The molecule has 20 heteroatoms. The maximum Gasteiger partial charge on any atom is 0.459 e. The molecule has 1 aliphatic rings. The van der Waals surface area contributed by atoms with E-state index in [-0.39, 0.29) is 30.3 Å². The molecule has 3 heterocycles. The second-order valence-electron chi connectivity index (χ2n) is 12.0. The Labute approximate surface area is 308 Å². The number of nitriles is 1. The molecule has 0 saturated carbocycles. The van der Waals surface area contributed by atoms with Gasteiger partial charge in [-0.15, -0.1) is 0 Å². The minimum Gasteiger partial charge on any atom is -0.468 e. The molecule has 0 aliphatic carbocycles. The molecule has 4 aromatic rings. The van der Waals surface area contributed by atoms with Crippen LogP contribution < -0.4 is 20.7 Å². The molecule has 5 rings (SSSR count). The number of rotatable bonds is 15. The molecule has 2 aromatic heterocycles. The van der Waals surface area contributed by atoms with Crippen LogP contribution in [0.1, 0.15) is 29.8 Å². The molecule has 2 aromatic carbocycles. The Morgan fingerprint density at radius 1 is 1.06 bits per heavy atom. The van der Waals surface area contributed by atoms with Gasteiger partial charge < -0.3 is 44.7 Å². The highest BCUT2D eigenvalue weighted by atomic mass is 31.2. The van der Waals surface area contributed by atoms with Crippen LogP contribution in [-0.2, 0) is 50.7 Å². The maximum atomic E-state index is 14.2. The number of aromatic nitrogens is 3. The van der Waals surface area contributed by atoms with E-state index in [1.54, 1.807) is 36.4 Å². The summed E-state index contributed by atoms with van der Waals surface area (Å²) in [7, 11) is -2.34. The molecule has 6 N–H and O–H groups in total. The Morgan fingerprint density at radius 2 is 1.76 bits per heavy atom. The van der Waals surface area contributed by atoms with Gasteiger partial charge in [0.1, 0.15) is 67.3 Å². The molecule has 1 saturated heterocycles. The van der Waals surface area contributed by atoms with Crippen molar-refractivity contribution < 1.29 is 57.2 Å². The summed E-state index contributed by atoms with van der Waals surface area (Å²) < 4.78 is 47.5. The first kappa shape index (κ1) is 39.6. The lowest BCUT2D eigenvalue weighted by atomic mass is 9.96. The summed E-state index contributed by atoms with van der Waals surface area (Å²) in [6.45, 7) is 0.390. The van der Waals surface area contributed by atoms with E-state index in [0.29, 0.717) is 11.1 Å². The highest BCUT2D eigenvalue weighted by molar-refractivity contribution is 7.52. The van der Waals surface area contributed by atoms with Gasteiger partial charge in [-0.05, 0) is 42.3 Å². The number of esters is 2. The highest BCUT2D eigenvalue weighted by Crippen LogP contribution is 2.48. The van der Waals surface area contributed by atoms with Crippen molar-refractivity contribution in [3.63, 3.8) is 0 Å². The van der Waals surface area contributed by atoms with Crippen LogP contribution in [0, 0.1) is 11.3 Å². The van der Waals surface area contributed by atoms with Gasteiger partial charge in [-0.3, -0.25) is 9.32 Å². The predicted molar refractivity (Wildman–Crippen MR) is 186 cm³/mol. The van der Waals surface area contributed by atoms with Crippen LogP contribution in [-0.4, -0.2) is 93.6 Å². The number of nitrogen functional groups attached to an aromatic ring is 1. The molecule has 0 bridgehead atoms. The van der Waals surface area contributed by atoms with Crippen molar-refractivity contribution in [3.8, 4) is 11.8 Å². The zero-order valence-electron chi connectivity index (χ0n) is 29.2. The van der Waals surface area contributed by atoms with Crippen LogP contribution in [0.25, 0.3) is 5.52 Å². The number of aliphatic hydroxyl groups is 2. The highest BCUT2D eigenvalue weighted by Gasteiger charge is 2.57. The first-order valence-corrected chi connectivity index (χ1v) is 17.8. The van der Waals surface area contributed by atoms with Crippen molar-refractivity contribution in [3.05, 3.63) is 89.9 Å². The number of anilines is 1. The van der Waals surface area contributed by atoms with Crippen molar-refractivity contribution in [2.45, 2.75) is 55.9 Å². The smallest absolute Gasteiger partial charge is 0.459 e. The summed E-state index contributed by atoms with van der Waals surface area (Å²) in [6, 6.07) is 17.2. The molecular weight excluding hydrogens is 729 g/mol. The van der Waals surface area contributed by atoms with Crippen LogP contribution in [0.5, 0.6) is 5.75 Å². The number of methoxy groups -OCH3 is 2. The van der Waals surface area contributed by atoms with Crippen LogP contribution in [0.15, 0.2) is 73.1 Å². The fourth-order valence-corrected chi connectivity index (χ4v) is 7.04. The number of nitrogens with one attached hydrogen (secondary N) is 2. The summed E-state index contributed by atoms with van der Waals surface area (Å²) in [5, 5.41) is 41.3. The third kappa shape index (κ3) is 8.94. The molecule has 1 amide bonds. The van der Waals surface area contributed by atoms with Gasteiger partial charge in [0, 0.05) is 6.42 Å². The zero-order valence-corrected chi connectivity index (χ0v) is 30.1. The number of ether oxygens (including phenoxy) is 4. The third-order valence-electron chi connectivity index (χ3n) is 8.38. The molecule has 54 heavy (non-hydrogen) atoms. The second-order valence-corrected chi connectivity index (χ2v) is 13.7. The van der Waals surface area contributed by atoms with Crippen molar-refractivity contribution in [1.29, 1.82) is 5.26 Å². The van der Waals surface area contributed by atoms with Crippen LogP contribution in [0.4, 0.5) is 10.6 Å². The van der Waals surface area contributed by atoms with Gasteiger partial charge in [0.05, 0.1) is 19.9 Å². The van der Waals surface area contributed by atoms with E-state index in [1.165, 1.54) is 55.2 Å². The number of nitrogens with two attached hydrogens (primary N) is 1. The number of carbonyl (C=O) groups is 3. The normalized spacial score (nSPS) is 21.6. The largest absolute Gasteiger partial charge is 0.468 e. The second kappa shape index (κ2) is 17.0. The van der Waals surface area contributed by atoms with Gasteiger partial charge in [0.15, 0.2) is 5.82 Å². The summed E-state index contributed by atoms with van der Waals surface area (Å²) in [5.41, 5.74) is 5.50. The lowest BCUT2D eigenvalue weighted by Crippen LogP contribution is -2.46. The number of alkyl carbamates (subject to hydrolysis) is 1. The van der Waals surface area contributed by atoms with Crippen LogP contribution >= 0.6 is 7.75 Å². The average molecular weight is 768 g/mol. The van der Waals surface area contributed by atoms with Gasteiger partial charge in [-0.2, -0.15) is 15.4 Å². The lowest BCUT2D eigenvalue weighted by molar-refractivity contribution is -0.143. The van der Waals surface area contributed by atoms with Crippen molar-refractivity contribution in [2.24, 2.45) is 0 Å². The Morgan fingerprint density at radius 3 is 2.43 bits per heavy atom. The first-order chi connectivity index (χ1) is 25.8. The predicted octanol–water partition coefficient (Wildman–Crippen LogP) is 1.73. The first-order valence-electron chi connectivity index (χ1n) is 16.3. The van der Waals surface area contributed by atoms with Crippen LogP contribution in [0.2, 0.25) is 0 Å². The number of fused-ring (bicyclic) bond motifs is 1. The van der Waals surface area contributed by atoms with E-state index in [2.05, 4.69) is 20.5 Å². The lowest BCUT2D eigenvalue weighted by Gasteiger charge is -2.28. The SMILES string of the molecule is COC(=O)[C@H](C)NP(=O)(OC[C@@]1(C#N)O[C@@H](c2ccc3c(N)ncnn23)[C@H](O)[C@@H]1O)Oc1ccc(C[C@H](NC(=O)OCc2ccccc2)C(=O)OC)cc1. The maximum absolute atomic E-state index is 14.2. The van der Waals surface area contributed by atoms with E-state index in [0.717, 1.165) is 12.7 Å². The number of benzene rings is 2. The van der Waals surface area contributed by atoms with E-state index in [4.69, 9.17) is 33.7 Å². The topological polar surface area (TPSA) is 268 Å². The minimum atomic E-state index is -4.62. The summed E-state index contributed by atoms with van der Waals surface area (Å²) in [6.07, 6.45) is -4.57. The standard InChI is InChI=1S/C34H38N7O12P/c1-20(31(44)48-2)40-54(47,51-18-34(17-35)29(43)27(42)28(52-34)25-13-14-26-30(36)37-19-38-41(25)26)53-23-11-9-21(10-12-23)15-24(32(45)49-3)39-33(46)50-16-22-7-5-4-6-8-22/h4-14,19-20,24,27-29,42-43H,15-16,18H2,1-3H3,(H,39,46)(H,40,47)(H2,36,37,38)/t20-,24-,27-,28-,29-,34+,54?/m0/s1. The van der Waals surface area contributed by atoms with E-state index < -0.39 is 68.4 Å². The Balaban J connectivity index is 1.30. The van der Waals surface area contributed by atoms with E-state index >= 15 is 0 Å². The third-order valence-corrected chi connectivity index (χ3v) is 10.00. The Hall–Kier alpha value is -5.61. The molecule has 286 valence electrons. The van der Waals surface area contributed by atoms with Crippen molar-refractivity contribution in [1.82, 2.24) is 25.0 Å². The number of hydrogen-bond donors (Lipinski definition) is 5. The molecule has 19 nitrogen and oxygen atoms in total. The van der Waals surface area contributed by atoms with Gasteiger partial charge >= 0.3 is 25.8 Å². The van der Waals surface area contributed by atoms with Crippen LogP contribution in [0.3, 0.4) is 0 Å². The molecule has 7 atom stereocenters. The van der Waals surface area contributed by atoms with Crippen molar-refractivity contribution >= 4 is 37.1 Å². The minimum absolute atomic E-state index is 0.0194. The quantitative estimate of drug-likeness (QED) is 0.0655. The monoisotopic (exact) mass is 767 g/mol. The van der Waals surface area contributed by atoms with Gasteiger partial charge in [-0.1, -0.05) is 42.5 Å². The van der Waals surface area contributed by atoms with Gasteiger partial charge in [-0.25, -0.2) is 23.7 Å². The molecule has 0 radical (unpaired) electrons. The fraction of sp³-hybridized carbons (Fsp3) is 0.353. The number of amides is 1. The number of hydrogen-bond acceptors (Lipinski definition) is 16.